The van der Waals surface area contributed by atoms with Gasteiger partial charge in [0.1, 0.15) is 24.0 Å². The third-order valence-corrected chi connectivity index (χ3v) is 6.42. The minimum absolute atomic E-state index is 0.0118. The number of nitrogens with one attached hydrogen (secondary N) is 1. The topological polar surface area (TPSA) is 174 Å². The van der Waals surface area contributed by atoms with E-state index in [-0.39, 0.29) is 36.5 Å². The number of aliphatic hydroxyl groups is 1. The number of hydrogen-bond acceptors (Lipinski definition) is 10. The molecule has 2 atom stereocenters. The molecule has 0 aromatic carbocycles. The maximum absolute atomic E-state index is 12.6. The predicted molar refractivity (Wildman–Crippen MR) is 123 cm³/mol. The Hall–Kier alpha value is -2.78. The Morgan fingerprint density at radius 2 is 1.97 bits per heavy atom. The van der Waals surface area contributed by atoms with Gasteiger partial charge in [0.05, 0.1) is 31.1 Å². The van der Waals surface area contributed by atoms with Crippen molar-refractivity contribution < 1.29 is 34.6 Å². The minimum Gasteiger partial charge on any atom is -0.486 e. The fourth-order valence-electron chi connectivity index (χ4n) is 4.42. The third kappa shape index (κ3) is 6.47. The highest BCUT2D eigenvalue weighted by atomic mass is 16.5. The van der Waals surface area contributed by atoms with E-state index in [0.717, 1.165) is 31.9 Å². The van der Waals surface area contributed by atoms with Gasteiger partial charge in [0.25, 0.3) is 0 Å². The Bertz CT molecular complexity index is 971. The second-order valence-corrected chi connectivity index (χ2v) is 9.08. The average Bonchev–Trinajstić information content (AvgIpc) is 3.21. The van der Waals surface area contributed by atoms with E-state index in [0.29, 0.717) is 19.6 Å². The summed E-state index contributed by atoms with van der Waals surface area (Å²) in [5.41, 5.74) is 0.543. The quantitative estimate of drug-likeness (QED) is 0.223. The molecule has 3 aliphatic rings. The van der Waals surface area contributed by atoms with Crippen LogP contribution >= 0.6 is 0 Å². The molecule has 0 radical (unpaired) electrons. The molecule has 13 nitrogen and oxygen atoms in total. The van der Waals surface area contributed by atoms with Gasteiger partial charge in [-0.25, -0.2) is 9.48 Å². The van der Waals surface area contributed by atoms with Crippen molar-refractivity contribution in [2.24, 2.45) is 5.92 Å². The van der Waals surface area contributed by atoms with Crippen LogP contribution in [0, 0.1) is 5.92 Å². The van der Waals surface area contributed by atoms with E-state index >= 15 is 0 Å². The van der Waals surface area contributed by atoms with Gasteiger partial charge >= 0.3 is 13.1 Å². The van der Waals surface area contributed by atoms with E-state index in [4.69, 9.17) is 14.8 Å². The van der Waals surface area contributed by atoms with Crippen molar-refractivity contribution in [2.75, 3.05) is 39.3 Å². The molecule has 1 aromatic rings. The molecule has 2 saturated heterocycles. The molecular formula is C21H31BN6O7. The van der Waals surface area contributed by atoms with Crippen LogP contribution in [0.1, 0.15) is 12.1 Å². The Morgan fingerprint density at radius 3 is 2.66 bits per heavy atom. The summed E-state index contributed by atoms with van der Waals surface area (Å²) in [7, 11) is -1.53. The number of aliphatic carboxylic acids is 1. The van der Waals surface area contributed by atoms with E-state index in [9.17, 15) is 19.8 Å². The number of carboxylic acid groups (broad SMARTS) is 1. The van der Waals surface area contributed by atoms with Crippen LogP contribution in [0.5, 0.6) is 0 Å². The van der Waals surface area contributed by atoms with Crippen LogP contribution in [0.15, 0.2) is 29.7 Å². The number of likely N-dealkylation sites (tertiary alicyclic amines) is 1. The van der Waals surface area contributed by atoms with E-state index < -0.39 is 31.2 Å². The zero-order valence-electron chi connectivity index (χ0n) is 19.4. The van der Waals surface area contributed by atoms with Crippen LogP contribution < -0.4 is 5.32 Å². The van der Waals surface area contributed by atoms with Gasteiger partial charge in [-0.3, -0.25) is 9.69 Å². The van der Waals surface area contributed by atoms with Crippen LogP contribution in [-0.4, -0.2) is 116 Å². The molecule has 1 aromatic heterocycles. The van der Waals surface area contributed by atoms with Crippen LogP contribution in [0.2, 0.25) is 6.32 Å². The van der Waals surface area contributed by atoms with Gasteiger partial charge < -0.3 is 35.2 Å². The van der Waals surface area contributed by atoms with Gasteiger partial charge in [-0.2, -0.15) is 0 Å². The number of rotatable bonds is 10. The highest BCUT2D eigenvalue weighted by molar-refractivity contribution is 6.40. The van der Waals surface area contributed by atoms with Crippen LogP contribution in [0.25, 0.3) is 0 Å². The largest absolute Gasteiger partial charge is 0.486 e. The van der Waals surface area contributed by atoms with Gasteiger partial charge in [0.15, 0.2) is 0 Å². The first-order valence-corrected chi connectivity index (χ1v) is 11.8. The summed E-state index contributed by atoms with van der Waals surface area (Å²) in [5.74, 6) is -1.95. The molecule has 3 heterocycles. The molecule has 0 bridgehead atoms. The zero-order chi connectivity index (χ0) is 24.9. The third-order valence-electron chi connectivity index (χ3n) is 6.42. The summed E-state index contributed by atoms with van der Waals surface area (Å²) in [5, 5.41) is 49.6. The summed E-state index contributed by atoms with van der Waals surface area (Å²) in [6.45, 7) is 5.11. The average molecular weight is 490 g/mol. The van der Waals surface area contributed by atoms with Crippen LogP contribution in [0.3, 0.4) is 0 Å². The van der Waals surface area contributed by atoms with Crippen molar-refractivity contribution in [1.82, 2.24) is 30.1 Å². The SMILES string of the molecule is O=C(O)C1=C(OC2CN(C(=O)Cn3cc(CN4CCNCC4)nn3)C2)C=CC(CCB(O)O)C1O. The Labute approximate surface area is 202 Å². The van der Waals surface area contributed by atoms with Crippen LogP contribution in [0.4, 0.5) is 0 Å². The summed E-state index contributed by atoms with van der Waals surface area (Å²) in [6, 6.07) is 0. The monoisotopic (exact) mass is 490 g/mol. The fourth-order valence-corrected chi connectivity index (χ4v) is 4.42. The van der Waals surface area contributed by atoms with Gasteiger partial charge in [-0.05, 0) is 18.8 Å². The van der Waals surface area contributed by atoms with Crippen molar-refractivity contribution in [3.05, 3.63) is 35.4 Å². The molecule has 190 valence electrons. The molecule has 2 fully saturated rings. The standard InChI is InChI=1S/C21H31BN6O7/c29-18(13-28-10-15(24-25-28)9-26-7-5-23-6-8-26)27-11-16(12-27)35-17-2-1-14(3-4-22(33)34)20(30)19(17)21(31)32/h1-2,10,14,16,20,23,30,33-34H,3-9,11-13H2,(H,31,32). The van der Waals surface area contributed by atoms with Crippen molar-refractivity contribution in [2.45, 2.75) is 38.0 Å². The van der Waals surface area contributed by atoms with E-state index in [1.165, 1.54) is 10.8 Å². The van der Waals surface area contributed by atoms with Gasteiger partial charge in [-0.1, -0.05) is 11.3 Å². The molecular weight excluding hydrogens is 459 g/mol. The number of allylic oxidation sites excluding steroid dienone is 1. The first-order chi connectivity index (χ1) is 16.8. The highest BCUT2D eigenvalue weighted by Crippen LogP contribution is 2.30. The number of aliphatic hydroxyl groups excluding tert-OH is 1. The maximum Gasteiger partial charge on any atom is 0.451 e. The maximum atomic E-state index is 12.6. The molecule has 1 aliphatic carbocycles. The van der Waals surface area contributed by atoms with Crippen molar-refractivity contribution in [3.63, 3.8) is 0 Å². The molecule has 35 heavy (non-hydrogen) atoms. The summed E-state index contributed by atoms with van der Waals surface area (Å²) >= 11 is 0. The smallest absolute Gasteiger partial charge is 0.451 e. The summed E-state index contributed by atoms with van der Waals surface area (Å²) in [4.78, 5) is 28.2. The Kier molecular flexibility index (Phi) is 8.18. The summed E-state index contributed by atoms with van der Waals surface area (Å²) < 4.78 is 7.30. The van der Waals surface area contributed by atoms with Gasteiger partial charge in [-0.15, -0.1) is 5.10 Å². The van der Waals surface area contributed by atoms with Gasteiger partial charge in [0, 0.05) is 38.6 Å². The number of piperazine rings is 1. The first kappa shape index (κ1) is 25.3. The number of nitrogens with zero attached hydrogens (tertiary/aromatic N) is 5. The Balaban J connectivity index is 1.26. The molecule has 2 aliphatic heterocycles. The second-order valence-electron chi connectivity index (χ2n) is 9.08. The molecule has 1 amide bonds. The van der Waals surface area contributed by atoms with Crippen LogP contribution in [-0.2, 0) is 27.4 Å². The molecule has 14 heteroatoms. The molecule has 0 spiro atoms. The van der Waals surface area contributed by atoms with Crippen molar-refractivity contribution >= 4 is 19.0 Å². The molecule has 5 N–H and O–H groups in total. The number of amides is 1. The molecule has 2 unspecified atom stereocenters. The first-order valence-electron chi connectivity index (χ1n) is 11.8. The minimum atomic E-state index is -1.53. The number of aromatic nitrogens is 3. The van der Waals surface area contributed by atoms with E-state index in [1.807, 2.05) is 0 Å². The number of carbonyl (C=O) groups excluding carboxylic acids is 1. The summed E-state index contributed by atoms with van der Waals surface area (Å²) in [6.07, 6.45) is 3.38. The second kappa shape index (κ2) is 11.3. The van der Waals surface area contributed by atoms with E-state index in [2.05, 4.69) is 20.5 Å². The van der Waals surface area contributed by atoms with Crippen molar-refractivity contribution in [1.29, 1.82) is 0 Å². The normalized spacial score (nSPS) is 23.3. The fraction of sp³-hybridized carbons (Fsp3) is 0.619. The van der Waals surface area contributed by atoms with Crippen molar-refractivity contribution in [3.8, 4) is 0 Å². The highest BCUT2D eigenvalue weighted by Gasteiger charge is 2.37. The number of carboxylic acids is 1. The Morgan fingerprint density at radius 1 is 1.23 bits per heavy atom. The number of carbonyl (C=O) groups is 2. The lowest BCUT2D eigenvalue weighted by Crippen LogP contribution is -2.55. The lowest BCUT2D eigenvalue weighted by Gasteiger charge is -2.40. The predicted octanol–water partition coefficient (Wildman–Crippen LogP) is -2.34. The lowest BCUT2D eigenvalue weighted by molar-refractivity contribution is -0.144. The number of hydrogen-bond donors (Lipinski definition) is 5. The number of ether oxygens (including phenoxy) is 1. The lowest BCUT2D eigenvalue weighted by atomic mass is 9.77. The van der Waals surface area contributed by atoms with E-state index in [1.54, 1.807) is 17.2 Å². The van der Waals surface area contributed by atoms with Gasteiger partial charge in [0.2, 0.25) is 5.91 Å². The molecule has 0 saturated carbocycles. The molecule has 4 rings (SSSR count). The zero-order valence-corrected chi connectivity index (χ0v) is 19.4.